The molecule has 96 valence electrons. The third kappa shape index (κ3) is 4.00. The van der Waals surface area contributed by atoms with E-state index in [1.165, 1.54) is 0 Å². The van der Waals surface area contributed by atoms with Crippen LogP contribution in [-0.2, 0) is 4.74 Å². The van der Waals surface area contributed by atoms with E-state index < -0.39 is 0 Å². The molecule has 0 aliphatic heterocycles. The van der Waals surface area contributed by atoms with Gasteiger partial charge >= 0.3 is 0 Å². The van der Waals surface area contributed by atoms with E-state index in [2.05, 4.69) is 5.43 Å². The van der Waals surface area contributed by atoms with Gasteiger partial charge in [-0.15, -0.1) is 0 Å². The monoisotopic (exact) mass is 238 g/mol. The highest BCUT2D eigenvalue weighted by molar-refractivity contribution is 5.39. The summed E-state index contributed by atoms with van der Waals surface area (Å²) in [5.74, 6) is 6.40. The third-order valence-corrected chi connectivity index (χ3v) is 2.56. The largest absolute Gasteiger partial charge is 0.496 e. The topological polar surface area (TPSA) is 56.5 Å². The predicted molar refractivity (Wildman–Crippen MR) is 68.9 cm³/mol. The van der Waals surface area contributed by atoms with Gasteiger partial charge in [0.1, 0.15) is 5.75 Å². The Morgan fingerprint density at radius 2 is 2.06 bits per heavy atom. The molecule has 0 aromatic heterocycles. The number of methoxy groups -OCH3 is 1. The van der Waals surface area contributed by atoms with E-state index in [9.17, 15) is 0 Å². The van der Waals surface area contributed by atoms with Crippen molar-refractivity contribution in [3.8, 4) is 5.75 Å². The highest BCUT2D eigenvalue weighted by Crippen LogP contribution is 2.26. The molecule has 1 unspecified atom stereocenters. The maximum absolute atomic E-state index is 5.58. The van der Waals surface area contributed by atoms with E-state index in [1.807, 2.05) is 39.0 Å². The lowest BCUT2D eigenvalue weighted by Gasteiger charge is -2.20. The van der Waals surface area contributed by atoms with E-state index in [-0.39, 0.29) is 12.1 Å². The summed E-state index contributed by atoms with van der Waals surface area (Å²) in [6.07, 6.45) is 0.183. The Bertz CT molecular complexity index is 353. The lowest BCUT2D eigenvalue weighted by molar-refractivity contribution is 0.0606. The van der Waals surface area contributed by atoms with Gasteiger partial charge in [0.15, 0.2) is 0 Å². The first-order valence-corrected chi connectivity index (χ1v) is 5.80. The fourth-order valence-electron chi connectivity index (χ4n) is 1.62. The summed E-state index contributed by atoms with van der Waals surface area (Å²) in [5.41, 5.74) is 4.94. The summed E-state index contributed by atoms with van der Waals surface area (Å²) in [6, 6.07) is 5.99. The van der Waals surface area contributed by atoms with Crippen molar-refractivity contribution < 1.29 is 9.47 Å². The SMILES string of the molecule is COc1cc(C)ccc1C(COC(C)C)NN. The summed E-state index contributed by atoms with van der Waals surface area (Å²) in [7, 11) is 1.66. The first-order valence-electron chi connectivity index (χ1n) is 5.80. The van der Waals surface area contributed by atoms with Crippen LogP contribution in [0.4, 0.5) is 0 Å². The van der Waals surface area contributed by atoms with Crippen molar-refractivity contribution in [2.45, 2.75) is 32.9 Å². The van der Waals surface area contributed by atoms with Crippen LogP contribution in [0.5, 0.6) is 5.75 Å². The van der Waals surface area contributed by atoms with Crippen LogP contribution in [0.1, 0.15) is 31.0 Å². The third-order valence-electron chi connectivity index (χ3n) is 2.56. The molecule has 0 saturated heterocycles. The molecule has 1 aromatic rings. The Morgan fingerprint density at radius 3 is 2.59 bits per heavy atom. The highest BCUT2D eigenvalue weighted by atomic mass is 16.5. The molecule has 4 heteroatoms. The van der Waals surface area contributed by atoms with E-state index in [1.54, 1.807) is 7.11 Å². The summed E-state index contributed by atoms with van der Waals surface area (Å²) in [6.45, 7) is 6.55. The van der Waals surface area contributed by atoms with Gasteiger partial charge in [-0.3, -0.25) is 11.3 Å². The lowest BCUT2D eigenvalue weighted by Crippen LogP contribution is -2.32. The molecule has 0 aliphatic rings. The lowest BCUT2D eigenvalue weighted by atomic mass is 10.0. The zero-order chi connectivity index (χ0) is 12.8. The predicted octanol–water partition coefficient (Wildman–Crippen LogP) is 1.93. The van der Waals surface area contributed by atoms with Crippen molar-refractivity contribution in [1.82, 2.24) is 5.43 Å². The second-order valence-electron chi connectivity index (χ2n) is 4.35. The second kappa shape index (κ2) is 6.59. The minimum Gasteiger partial charge on any atom is -0.496 e. The van der Waals surface area contributed by atoms with Crippen molar-refractivity contribution in [3.05, 3.63) is 29.3 Å². The van der Waals surface area contributed by atoms with Gasteiger partial charge in [-0.05, 0) is 32.4 Å². The fourth-order valence-corrected chi connectivity index (χ4v) is 1.62. The molecular weight excluding hydrogens is 216 g/mol. The van der Waals surface area contributed by atoms with Crippen molar-refractivity contribution >= 4 is 0 Å². The van der Waals surface area contributed by atoms with Crippen LogP contribution in [0.25, 0.3) is 0 Å². The second-order valence-corrected chi connectivity index (χ2v) is 4.35. The molecule has 0 aliphatic carbocycles. The minimum absolute atomic E-state index is 0.0621. The molecule has 0 heterocycles. The Labute approximate surface area is 103 Å². The molecular formula is C13H22N2O2. The average Bonchev–Trinajstić information content (AvgIpc) is 2.30. The number of aryl methyl sites for hydroxylation is 1. The number of hydrogen-bond acceptors (Lipinski definition) is 4. The fraction of sp³-hybridized carbons (Fsp3) is 0.538. The Hall–Kier alpha value is -1.10. The molecule has 0 spiro atoms. The van der Waals surface area contributed by atoms with E-state index >= 15 is 0 Å². The summed E-state index contributed by atoms with van der Waals surface area (Å²) in [4.78, 5) is 0. The number of hydrogen-bond donors (Lipinski definition) is 2. The van der Waals surface area contributed by atoms with E-state index in [4.69, 9.17) is 15.3 Å². The average molecular weight is 238 g/mol. The summed E-state index contributed by atoms with van der Waals surface area (Å²) >= 11 is 0. The van der Waals surface area contributed by atoms with E-state index in [0.29, 0.717) is 6.61 Å². The zero-order valence-corrected chi connectivity index (χ0v) is 11.0. The minimum atomic E-state index is -0.0621. The van der Waals surface area contributed by atoms with Crippen LogP contribution < -0.4 is 16.0 Å². The Morgan fingerprint density at radius 1 is 1.35 bits per heavy atom. The van der Waals surface area contributed by atoms with Gasteiger partial charge in [-0.25, -0.2) is 0 Å². The van der Waals surface area contributed by atoms with Gasteiger partial charge in [0, 0.05) is 5.56 Å². The first kappa shape index (κ1) is 14.0. The summed E-state index contributed by atoms with van der Waals surface area (Å²) in [5, 5.41) is 0. The zero-order valence-electron chi connectivity index (χ0n) is 11.0. The quantitative estimate of drug-likeness (QED) is 0.587. The molecule has 0 fully saturated rings. The number of hydrazine groups is 1. The van der Waals surface area contributed by atoms with Crippen molar-refractivity contribution in [1.29, 1.82) is 0 Å². The van der Waals surface area contributed by atoms with Gasteiger partial charge in [0.2, 0.25) is 0 Å². The maximum Gasteiger partial charge on any atom is 0.124 e. The summed E-state index contributed by atoms with van der Waals surface area (Å²) < 4.78 is 10.9. The van der Waals surface area contributed by atoms with Crippen LogP contribution in [-0.4, -0.2) is 19.8 Å². The Balaban J connectivity index is 2.87. The van der Waals surface area contributed by atoms with Crippen molar-refractivity contribution in [3.63, 3.8) is 0 Å². The molecule has 1 atom stereocenters. The number of benzene rings is 1. The van der Waals surface area contributed by atoms with Crippen LogP contribution >= 0.6 is 0 Å². The maximum atomic E-state index is 5.58. The molecule has 3 N–H and O–H groups in total. The van der Waals surface area contributed by atoms with Gasteiger partial charge in [0.05, 0.1) is 25.9 Å². The van der Waals surface area contributed by atoms with Gasteiger partial charge in [-0.1, -0.05) is 12.1 Å². The smallest absolute Gasteiger partial charge is 0.124 e. The van der Waals surface area contributed by atoms with Crippen LogP contribution in [0.15, 0.2) is 18.2 Å². The van der Waals surface area contributed by atoms with Crippen molar-refractivity contribution in [2.24, 2.45) is 5.84 Å². The van der Waals surface area contributed by atoms with Crippen LogP contribution in [0, 0.1) is 6.92 Å². The number of ether oxygens (including phenoxy) is 2. The van der Waals surface area contributed by atoms with Crippen LogP contribution in [0.2, 0.25) is 0 Å². The van der Waals surface area contributed by atoms with Crippen molar-refractivity contribution in [2.75, 3.05) is 13.7 Å². The standard InChI is InChI=1S/C13H22N2O2/c1-9(2)17-8-12(15-14)11-6-5-10(3)7-13(11)16-4/h5-7,9,12,15H,8,14H2,1-4H3. The molecule has 0 amide bonds. The number of nitrogens with two attached hydrogens (primary N) is 1. The normalized spacial score (nSPS) is 12.8. The first-order chi connectivity index (χ1) is 8.08. The number of rotatable bonds is 6. The molecule has 1 aromatic carbocycles. The highest BCUT2D eigenvalue weighted by Gasteiger charge is 2.15. The van der Waals surface area contributed by atoms with Crippen LogP contribution in [0.3, 0.4) is 0 Å². The molecule has 17 heavy (non-hydrogen) atoms. The van der Waals surface area contributed by atoms with Gasteiger partial charge < -0.3 is 9.47 Å². The number of nitrogens with one attached hydrogen (secondary N) is 1. The molecule has 1 rings (SSSR count). The van der Waals surface area contributed by atoms with E-state index in [0.717, 1.165) is 16.9 Å². The molecule has 0 bridgehead atoms. The molecule has 4 nitrogen and oxygen atoms in total. The Kier molecular flexibility index (Phi) is 5.41. The van der Waals surface area contributed by atoms with Gasteiger partial charge in [0.25, 0.3) is 0 Å². The molecule has 0 radical (unpaired) electrons. The molecule has 0 saturated carbocycles. The van der Waals surface area contributed by atoms with Gasteiger partial charge in [-0.2, -0.15) is 0 Å².